The molecule has 1 aromatic heterocycles. The molecule has 128 valence electrons. The summed E-state index contributed by atoms with van der Waals surface area (Å²) in [6.07, 6.45) is 3.43. The van der Waals surface area contributed by atoms with E-state index in [9.17, 15) is 5.11 Å². The Hall–Kier alpha value is -0.880. The maximum absolute atomic E-state index is 11.2. The zero-order valence-electron chi connectivity index (χ0n) is 11.2. The molecule has 0 saturated heterocycles. The van der Waals surface area contributed by atoms with Crippen molar-refractivity contribution in [3.8, 4) is 0 Å². The molecule has 0 amide bonds. The normalized spacial score (nSPS) is 17.5. The van der Waals surface area contributed by atoms with Crippen LogP contribution in [0.3, 0.4) is 0 Å². The highest BCUT2D eigenvalue weighted by Crippen LogP contribution is 2.53. The molecular formula is C16H23Cl2N3OS. The highest BCUT2D eigenvalue weighted by atomic mass is 35.5. The van der Waals surface area contributed by atoms with Gasteiger partial charge in [-0.05, 0) is 36.7 Å². The predicted octanol–water partition coefficient (Wildman–Crippen LogP) is 4.61. The molecule has 1 heterocycles. The lowest BCUT2D eigenvalue weighted by Crippen LogP contribution is -2.47. The van der Waals surface area contributed by atoms with Gasteiger partial charge in [-0.15, -0.1) is 11.6 Å². The molecule has 1 atom stereocenters. The lowest BCUT2D eigenvalue weighted by Gasteiger charge is -2.33. The van der Waals surface area contributed by atoms with Gasteiger partial charge in [0.15, 0.2) is 0 Å². The fourth-order valence-corrected chi connectivity index (χ4v) is 3.14. The average molecular weight is 376 g/mol. The van der Waals surface area contributed by atoms with Crippen molar-refractivity contribution in [3.63, 3.8) is 0 Å². The van der Waals surface area contributed by atoms with Crippen LogP contribution in [-0.2, 0) is 13.0 Å². The minimum Gasteiger partial charge on any atom is -0.386 e. The summed E-state index contributed by atoms with van der Waals surface area (Å²) in [5.41, 5.74) is -0.260. The molecule has 0 spiro atoms. The van der Waals surface area contributed by atoms with E-state index < -0.39 is 10.5 Å². The van der Waals surface area contributed by atoms with Crippen LogP contribution in [-0.4, -0.2) is 30.3 Å². The van der Waals surface area contributed by atoms with Gasteiger partial charge in [0.2, 0.25) is 4.77 Å². The molecule has 0 bridgehead atoms. The Morgan fingerprint density at radius 1 is 1.35 bits per heavy atom. The summed E-state index contributed by atoms with van der Waals surface area (Å²) in [6.45, 7) is 0.264. The van der Waals surface area contributed by atoms with Crippen molar-refractivity contribution >= 4 is 35.4 Å². The number of aliphatic hydroxyl groups is 1. The second-order valence-electron chi connectivity index (χ2n) is 5.52. The van der Waals surface area contributed by atoms with Crippen molar-refractivity contribution in [1.29, 1.82) is 0 Å². The molecule has 1 fully saturated rings. The molecule has 2 N–H and O–H groups in total. The Bertz CT molecular complexity index is 711. The zero-order valence-corrected chi connectivity index (χ0v) is 13.5. The number of nitrogens with zero attached hydrogens (tertiary/aromatic N) is 2. The number of alkyl halides is 1. The molecular weight excluding hydrogens is 353 g/mol. The van der Waals surface area contributed by atoms with Crippen molar-refractivity contribution in [1.82, 2.24) is 14.8 Å². The van der Waals surface area contributed by atoms with E-state index in [0.29, 0.717) is 16.2 Å². The number of hydrogen-bond acceptors (Lipinski definition) is 3. The number of nitrogens with one attached hydrogen (secondary N) is 1. The van der Waals surface area contributed by atoms with Crippen LogP contribution in [0.25, 0.3) is 0 Å². The molecule has 23 heavy (non-hydrogen) atoms. The van der Waals surface area contributed by atoms with E-state index in [1.165, 1.54) is 6.33 Å². The Balaban J connectivity index is 0.00000132. The van der Waals surface area contributed by atoms with Crippen LogP contribution in [0.2, 0.25) is 5.02 Å². The number of halogens is 2. The van der Waals surface area contributed by atoms with Crippen LogP contribution < -0.4 is 0 Å². The third-order valence-electron chi connectivity index (χ3n) is 4.00. The van der Waals surface area contributed by atoms with Crippen LogP contribution >= 0.6 is 35.4 Å². The van der Waals surface area contributed by atoms with Crippen molar-refractivity contribution < 1.29 is 5.11 Å². The first-order valence-corrected chi connectivity index (χ1v) is 7.85. The SMILES string of the molecule is C.C.OC(Cc1ccccc1Cl)(Cn1[nH]cnc1=S)C1(Cl)CC1. The second-order valence-corrected chi connectivity index (χ2v) is 7.02. The zero-order chi connectivity index (χ0) is 15.1. The second kappa shape index (κ2) is 7.34. The number of benzene rings is 1. The number of H-pyrrole nitrogens is 1. The van der Waals surface area contributed by atoms with Gasteiger partial charge in [0.25, 0.3) is 0 Å². The summed E-state index contributed by atoms with van der Waals surface area (Å²) in [7, 11) is 0. The maximum Gasteiger partial charge on any atom is 0.215 e. The first kappa shape index (κ1) is 20.2. The van der Waals surface area contributed by atoms with E-state index in [1.54, 1.807) is 4.68 Å². The van der Waals surface area contributed by atoms with Gasteiger partial charge in [0.05, 0.1) is 11.4 Å². The minimum absolute atomic E-state index is 0. The van der Waals surface area contributed by atoms with Gasteiger partial charge in [-0.1, -0.05) is 44.7 Å². The Morgan fingerprint density at radius 3 is 2.52 bits per heavy atom. The lowest BCUT2D eigenvalue weighted by molar-refractivity contribution is 0.00728. The van der Waals surface area contributed by atoms with Crippen LogP contribution in [0, 0.1) is 4.77 Å². The van der Waals surface area contributed by atoms with Crippen molar-refractivity contribution in [2.75, 3.05) is 0 Å². The van der Waals surface area contributed by atoms with E-state index in [-0.39, 0.29) is 21.4 Å². The first-order chi connectivity index (χ1) is 9.94. The first-order valence-electron chi connectivity index (χ1n) is 6.68. The molecule has 1 unspecified atom stereocenters. The van der Waals surface area contributed by atoms with Crippen molar-refractivity contribution in [2.24, 2.45) is 0 Å². The van der Waals surface area contributed by atoms with Gasteiger partial charge in [-0.25, -0.2) is 4.98 Å². The van der Waals surface area contributed by atoms with Gasteiger partial charge in [0, 0.05) is 11.4 Å². The number of rotatable bonds is 5. The topological polar surface area (TPSA) is 53.8 Å². The molecule has 3 rings (SSSR count). The molecule has 1 aromatic carbocycles. The highest BCUT2D eigenvalue weighted by Gasteiger charge is 2.58. The van der Waals surface area contributed by atoms with Crippen LogP contribution in [0.1, 0.15) is 33.3 Å². The lowest BCUT2D eigenvalue weighted by atomic mass is 9.89. The molecule has 4 nitrogen and oxygen atoms in total. The summed E-state index contributed by atoms with van der Waals surface area (Å²) in [6, 6.07) is 7.48. The number of aromatic nitrogens is 3. The summed E-state index contributed by atoms with van der Waals surface area (Å²) < 4.78 is 2.03. The van der Waals surface area contributed by atoms with Gasteiger partial charge in [-0.3, -0.25) is 9.78 Å². The average Bonchev–Trinajstić information content (AvgIpc) is 3.09. The molecule has 7 heteroatoms. The highest BCUT2D eigenvalue weighted by molar-refractivity contribution is 7.71. The molecule has 2 aromatic rings. The summed E-state index contributed by atoms with van der Waals surface area (Å²) in [4.78, 5) is 3.34. The van der Waals surface area contributed by atoms with E-state index in [1.807, 2.05) is 24.3 Å². The van der Waals surface area contributed by atoms with Gasteiger partial charge in [-0.2, -0.15) is 0 Å². The Kier molecular flexibility index (Phi) is 6.44. The molecule has 1 aliphatic carbocycles. The summed E-state index contributed by atoms with van der Waals surface area (Å²) in [5.74, 6) is 0. The molecule has 1 saturated carbocycles. The predicted molar refractivity (Wildman–Crippen MR) is 98.8 cm³/mol. The summed E-state index contributed by atoms with van der Waals surface area (Å²) >= 11 is 17.9. The number of hydrogen-bond donors (Lipinski definition) is 2. The monoisotopic (exact) mass is 375 g/mol. The Labute approximate surface area is 152 Å². The fourth-order valence-electron chi connectivity index (χ4n) is 2.54. The molecule has 0 radical (unpaired) electrons. The van der Waals surface area contributed by atoms with Crippen LogP contribution in [0.4, 0.5) is 0 Å². The van der Waals surface area contributed by atoms with Crippen LogP contribution in [0.15, 0.2) is 30.6 Å². The third kappa shape index (κ3) is 3.97. The Morgan fingerprint density at radius 2 is 2.00 bits per heavy atom. The van der Waals surface area contributed by atoms with E-state index in [4.69, 9.17) is 35.4 Å². The standard InChI is InChI=1S/C14H15Cl2N3OS.2CH4/c15-11-4-2-1-3-10(11)7-14(20,13(16)5-6-13)8-19-12(21)17-9-18-19;;/h1-4,9,20H,5-8H2,(H,17,18,21);2*1H4. The van der Waals surface area contributed by atoms with Gasteiger partial charge in [0.1, 0.15) is 11.9 Å². The fraction of sp³-hybridized carbons (Fsp3) is 0.500. The quantitative estimate of drug-likeness (QED) is 0.592. The van der Waals surface area contributed by atoms with Crippen LogP contribution in [0.5, 0.6) is 0 Å². The largest absolute Gasteiger partial charge is 0.386 e. The van der Waals surface area contributed by atoms with E-state index >= 15 is 0 Å². The van der Waals surface area contributed by atoms with E-state index in [2.05, 4.69) is 10.1 Å². The smallest absolute Gasteiger partial charge is 0.215 e. The van der Waals surface area contributed by atoms with E-state index in [0.717, 1.165) is 18.4 Å². The number of aromatic amines is 1. The maximum atomic E-state index is 11.2. The van der Waals surface area contributed by atoms with Gasteiger partial charge >= 0.3 is 0 Å². The third-order valence-corrected chi connectivity index (χ3v) is 5.43. The van der Waals surface area contributed by atoms with Crippen molar-refractivity contribution in [3.05, 3.63) is 45.9 Å². The van der Waals surface area contributed by atoms with Gasteiger partial charge < -0.3 is 5.11 Å². The van der Waals surface area contributed by atoms with Crippen molar-refractivity contribution in [2.45, 2.75) is 51.1 Å². The molecule has 0 aliphatic heterocycles. The summed E-state index contributed by atoms with van der Waals surface area (Å²) in [5, 5.41) is 14.7. The minimum atomic E-state index is -1.13. The molecule has 1 aliphatic rings.